The molecular formula is C20H25NO3S. The Labute approximate surface area is 150 Å². The fourth-order valence-electron chi connectivity index (χ4n) is 2.70. The van der Waals surface area contributed by atoms with Crippen LogP contribution in [-0.2, 0) is 20.4 Å². The number of nitrogens with zero attached hydrogens (tertiary/aromatic N) is 1. The SMILES string of the molecule is Cc1ccc(C)c(CS(=O)(=O)CC(=O)N(C)[C@@H](C)c2ccccc2)c1. The fraction of sp³-hybridized carbons (Fsp3) is 0.350. The summed E-state index contributed by atoms with van der Waals surface area (Å²) in [4.78, 5) is 14.0. The third-order valence-electron chi connectivity index (χ3n) is 4.48. The van der Waals surface area contributed by atoms with Crippen LogP contribution in [0.1, 0.15) is 35.2 Å². The average molecular weight is 359 g/mol. The number of rotatable bonds is 6. The number of hydrogen-bond acceptors (Lipinski definition) is 3. The maximum absolute atomic E-state index is 12.5. The largest absolute Gasteiger partial charge is 0.338 e. The Morgan fingerprint density at radius 1 is 1.08 bits per heavy atom. The molecule has 0 heterocycles. The first kappa shape index (κ1) is 19.2. The molecule has 0 aliphatic rings. The van der Waals surface area contributed by atoms with E-state index < -0.39 is 15.6 Å². The van der Waals surface area contributed by atoms with Crippen LogP contribution < -0.4 is 0 Å². The summed E-state index contributed by atoms with van der Waals surface area (Å²) in [5, 5.41) is 0. The Bertz CT molecular complexity index is 844. The van der Waals surface area contributed by atoms with Gasteiger partial charge in [-0.05, 0) is 37.5 Å². The summed E-state index contributed by atoms with van der Waals surface area (Å²) >= 11 is 0. The zero-order valence-electron chi connectivity index (χ0n) is 15.2. The van der Waals surface area contributed by atoms with Gasteiger partial charge in [-0.3, -0.25) is 4.79 Å². The van der Waals surface area contributed by atoms with Gasteiger partial charge in [-0.15, -0.1) is 0 Å². The molecule has 4 nitrogen and oxygen atoms in total. The Hall–Kier alpha value is -2.14. The highest BCUT2D eigenvalue weighted by Gasteiger charge is 2.24. The summed E-state index contributed by atoms with van der Waals surface area (Å²) in [5.41, 5.74) is 3.67. The van der Waals surface area contributed by atoms with E-state index in [0.29, 0.717) is 0 Å². The predicted molar refractivity (Wildman–Crippen MR) is 101 cm³/mol. The summed E-state index contributed by atoms with van der Waals surface area (Å²) < 4.78 is 25.0. The quantitative estimate of drug-likeness (QED) is 0.794. The second-order valence-electron chi connectivity index (χ2n) is 6.55. The van der Waals surface area contributed by atoms with Gasteiger partial charge in [0.2, 0.25) is 5.91 Å². The van der Waals surface area contributed by atoms with Crippen LogP contribution >= 0.6 is 0 Å². The number of amides is 1. The molecule has 0 spiro atoms. The number of sulfone groups is 1. The lowest BCUT2D eigenvalue weighted by Gasteiger charge is -2.25. The molecule has 0 N–H and O–H groups in total. The van der Waals surface area contributed by atoms with E-state index in [4.69, 9.17) is 0 Å². The van der Waals surface area contributed by atoms with E-state index >= 15 is 0 Å². The van der Waals surface area contributed by atoms with Gasteiger partial charge >= 0.3 is 0 Å². The van der Waals surface area contributed by atoms with Crippen LogP contribution in [0.3, 0.4) is 0 Å². The predicted octanol–water partition coefficient (Wildman–Crippen LogP) is 3.44. The Morgan fingerprint density at radius 3 is 2.36 bits per heavy atom. The highest BCUT2D eigenvalue weighted by molar-refractivity contribution is 7.91. The Morgan fingerprint density at radius 2 is 1.72 bits per heavy atom. The molecule has 25 heavy (non-hydrogen) atoms. The van der Waals surface area contributed by atoms with Gasteiger partial charge in [0.25, 0.3) is 0 Å². The van der Waals surface area contributed by atoms with Gasteiger partial charge in [0, 0.05) is 7.05 Å². The molecule has 5 heteroatoms. The summed E-state index contributed by atoms with van der Waals surface area (Å²) in [7, 11) is -1.88. The van der Waals surface area contributed by atoms with Crippen LogP contribution in [0.5, 0.6) is 0 Å². The Kier molecular flexibility index (Phi) is 6.01. The van der Waals surface area contributed by atoms with Gasteiger partial charge < -0.3 is 4.90 Å². The van der Waals surface area contributed by atoms with Crippen molar-refractivity contribution in [2.75, 3.05) is 12.8 Å². The maximum atomic E-state index is 12.5. The first-order valence-electron chi connectivity index (χ1n) is 8.27. The van der Waals surface area contributed by atoms with E-state index in [9.17, 15) is 13.2 Å². The van der Waals surface area contributed by atoms with Crippen LogP contribution in [0.15, 0.2) is 48.5 Å². The lowest BCUT2D eigenvalue weighted by Crippen LogP contribution is -2.35. The number of aryl methyl sites for hydroxylation is 2. The van der Waals surface area contributed by atoms with Gasteiger partial charge in [0.15, 0.2) is 9.84 Å². The van der Waals surface area contributed by atoms with Crippen molar-refractivity contribution in [2.45, 2.75) is 32.6 Å². The monoisotopic (exact) mass is 359 g/mol. The zero-order valence-corrected chi connectivity index (χ0v) is 16.0. The highest BCUT2D eigenvalue weighted by Crippen LogP contribution is 2.20. The van der Waals surface area contributed by atoms with Crippen molar-refractivity contribution in [1.29, 1.82) is 0 Å². The average Bonchev–Trinajstić information content (AvgIpc) is 2.57. The number of benzene rings is 2. The third-order valence-corrected chi connectivity index (χ3v) is 5.92. The van der Waals surface area contributed by atoms with E-state index in [1.54, 1.807) is 7.05 Å². The van der Waals surface area contributed by atoms with Gasteiger partial charge in [0.1, 0.15) is 5.75 Å². The lowest BCUT2D eigenvalue weighted by atomic mass is 10.1. The van der Waals surface area contributed by atoms with Crippen molar-refractivity contribution in [3.05, 3.63) is 70.8 Å². The Balaban J connectivity index is 2.09. The van der Waals surface area contributed by atoms with Crippen molar-refractivity contribution in [3.63, 3.8) is 0 Å². The normalized spacial score (nSPS) is 12.6. The first-order chi connectivity index (χ1) is 11.7. The standard InChI is InChI=1S/C20H25NO3S/c1-15-10-11-16(2)19(12-15)13-25(23,24)14-20(22)21(4)17(3)18-8-6-5-7-9-18/h5-12,17H,13-14H2,1-4H3/t17-/m0/s1. The van der Waals surface area contributed by atoms with Crippen molar-refractivity contribution in [2.24, 2.45) is 0 Å². The second kappa shape index (κ2) is 7.83. The highest BCUT2D eigenvalue weighted by atomic mass is 32.2. The smallest absolute Gasteiger partial charge is 0.238 e. The molecule has 0 saturated carbocycles. The van der Waals surface area contributed by atoms with Crippen LogP contribution in [0.4, 0.5) is 0 Å². The van der Waals surface area contributed by atoms with E-state index in [-0.39, 0.29) is 17.7 Å². The van der Waals surface area contributed by atoms with Gasteiger partial charge in [-0.2, -0.15) is 0 Å². The number of hydrogen-bond donors (Lipinski definition) is 0. The summed E-state index contributed by atoms with van der Waals surface area (Å²) in [6, 6.07) is 15.1. The second-order valence-corrected chi connectivity index (χ2v) is 8.62. The molecule has 134 valence electrons. The third kappa shape index (κ3) is 5.16. The minimum absolute atomic E-state index is 0.111. The van der Waals surface area contributed by atoms with Crippen LogP contribution in [0.2, 0.25) is 0 Å². The minimum Gasteiger partial charge on any atom is -0.338 e. The van der Waals surface area contributed by atoms with Crippen LogP contribution in [-0.4, -0.2) is 32.0 Å². The molecule has 0 radical (unpaired) electrons. The van der Waals surface area contributed by atoms with Crippen molar-refractivity contribution >= 4 is 15.7 Å². The number of carbonyl (C=O) groups excluding carboxylic acids is 1. The van der Waals surface area contributed by atoms with Crippen LogP contribution in [0.25, 0.3) is 0 Å². The lowest BCUT2D eigenvalue weighted by molar-refractivity contribution is -0.129. The van der Waals surface area contributed by atoms with E-state index in [1.165, 1.54) is 4.90 Å². The minimum atomic E-state index is -3.53. The van der Waals surface area contributed by atoms with Crippen molar-refractivity contribution in [3.8, 4) is 0 Å². The summed E-state index contributed by atoms with van der Waals surface area (Å²) in [5.74, 6) is -0.977. The fourth-order valence-corrected chi connectivity index (χ4v) is 4.17. The molecule has 0 unspecified atom stereocenters. The van der Waals surface area contributed by atoms with Crippen molar-refractivity contribution in [1.82, 2.24) is 4.90 Å². The first-order valence-corrected chi connectivity index (χ1v) is 10.1. The molecule has 0 aliphatic heterocycles. The van der Waals surface area contributed by atoms with Crippen LogP contribution in [0, 0.1) is 13.8 Å². The van der Waals surface area contributed by atoms with E-state index in [1.807, 2.05) is 69.3 Å². The van der Waals surface area contributed by atoms with Crippen molar-refractivity contribution < 1.29 is 13.2 Å². The van der Waals surface area contributed by atoms with E-state index in [2.05, 4.69) is 0 Å². The van der Waals surface area contributed by atoms with Gasteiger partial charge in [0.05, 0.1) is 11.8 Å². The molecule has 0 fully saturated rings. The molecule has 0 aliphatic carbocycles. The van der Waals surface area contributed by atoms with E-state index in [0.717, 1.165) is 22.3 Å². The van der Waals surface area contributed by atoms with Gasteiger partial charge in [-0.1, -0.05) is 54.1 Å². The summed E-state index contributed by atoms with van der Waals surface area (Å²) in [6.45, 7) is 5.70. The molecule has 1 atom stereocenters. The topological polar surface area (TPSA) is 54.5 Å². The maximum Gasteiger partial charge on any atom is 0.238 e. The van der Waals surface area contributed by atoms with Gasteiger partial charge in [-0.25, -0.2) is 8.42 Å². The molecule has 0 bridgehead atoms. The molecule has 0 saturated heterocycles. The molecule has 0 aromatic heterocycles. The zero-order chi connectivity index (χ0) is 18.6. The molecule has 2 aromatic rings. The molecule has 2 aromatic carbocycles. The molecule has 1 amide bonds. The molecule has 2 rings (SSSR count). The summed E-state index contributed by atoms with van der Waals surface area (Å²) in [6.07, 6.45) is 0. The molecular weight excluding hydrogens is 334 g/mol. The number of carbonyl (C=O) groups is 1.